The summed E-state index contributed by atoms with van der Waals surface area (Å²) in [5.41, 5.74) is 1.95. The van der Waals surface area contributed by atoms with E-state index in [1.54, 1.807) is 15.8 Å². The number of anilines is 1. The fourth-order valence-electron chi connectivity index (χ4n) is 2.92. The fourth-order valence-corrected chi connectivity index (χ4v) is 2.92. The number of hydrogen-bond acceptors (Lipinski definition) is 3. The van der Waals surface area contributed by atoms with Crippen LogP contribution in [0.1, 0.15) is 18.9 Å². The maximum Gasteiger partial charge on any atom is 0.227 e. The molecule has 24 heavy (non-hydrogen) atoms. The fraction of sp³-hybridized carbons (Fsp3) is 0.389. The molecule has 1 fully saturated rings. The molecule has 1 unspecified atom stereocenters. The largest absolute Gasteiger partial charge is 0.355 e. The van der Waals surface area contributed by atoms with E-state index < -0.39 is 0 Å². The summed E-state index contributed by atoms with van der Waals surface area (Å²) in [5, 5.41) is 7.13. The average Bonchev–Trinajstić information content (AvgIpc) is 3.22. The normalized spacial score (nSPS) is 17.3. The number of nitrogens with zero attached hydrogens (tertiary/aromatic N) is 3. The number of aryl methyl sites for hydroxylation is 1. The molecule has 2 amide bonds. The molecule has 0 spiro atoms. The van der Waals surface area contributed by atoms with E-state index in [9.17, 15) is 9.59 Å². The Morgan fingerprint density at radius 3 is 2.83 bits per heavy atom. The first-order valence-corrected chi connectivity index (χ1v) is 8.32. The van der Waals surface area contributed by atoms with Gasteiger partial charge in [-0.3, -0.25) is 14.3 Å². The summed E-state index contributed by atoms with van der Waals surface area (Å²) in [6, 6.07) is 10.0. The second-order valence-electron chi connectivity index (χ2n) is 5.99. The Labute approximate surface area is 141 Å². The second-order valence-corrected chi connectivity index (χ2v) is 5.99. The monoisotopic (exact) mass is 326 g/mol. The van der Waals surface area contributed by atoms with Crippen molar-refractivity contribution in [3.8, 4) is 0 Å². The third kappa shape index (κ3) is 3.64. The highest BCUT2D eigenvalue weighted by atomic mass is 16.2. The molecule has 6 nitrogen and oxygen atoms in total. The Bertz CT molecular complexity index is 711. The van der Waals surface area contributed by atoms with Gasteiger partial charge in [-0.05, 0) is 18.9 Å². The Morgan fingerprint density at radius 1 is 1.33 bits per heavy atom. The summed E-state index contributed by atoms with van der Waals surface area (Å²) in [5.74, 6) is -0.364. The molecule has 1 atom stereocenters. The molecule has 1 N–H and O–H groups in total. The first kappa shape index (κ1) is 16.2. The maximum atomic E-state index is 12.3. The third-order valence-electron chi connectivity index (χ3n) is 4.31. The number of hydrogen-bond donors (Lipinski definition) is 1. The topological polar surface area (TPSA) is 67.2 Å². The molecule has 1 saturated heterocycles. The molecule has 3 rings (SSSR count). The summed E-state index contributed by atoms with van der Waals surface area (Å²) < 4.78 is 1.77. The van der Waals surface area contributed by atoms with Gasteiger partial charge in [0.15, 0.2) is 0 Å². The zero-order valence-electron chi connectivity index (χ0n) is 13.8. The van der Waals surface area contributed by atoms with Crippen LogP contribution in [0.4, 0.5) is 5.69 Å². The van der Waals surface area contributed by atoms with Crippen LogP contribution in [0.2, 0.25) is 0 Å². The maximum absolute atomic E-state index is 12.3. The van der Waals surface area contributed by atoms with Crippen molar-refractivity contribution in [2.75, 3.05) is 18.0 Å². The Hall–Kier alpha value is -2.63. The van der Waals surface area contributed by atoms with Crippen LogP contribution in [0, 0.1) is 5.92 Å². The quantitative estimate of drug-likeness (QED) is 0.877. The molecular formula is C18H22N4O2. The molecule has 1 aromatic heterocycles. The predicted octanol–water partition coefficient (Wildman–Crippen LogP) is 1.61. The molecule has 0 bridgehead atoms. The van der Waals surface area contributed by atoms with Gasteiger partial charge in [0.25, 0.3) is 0 Å². The minimum absolute atomic E-state index is 0.0196. The number of aromatic nitrogens is 2. The van der Waals surface area contributed by atoms with Gasteiger partial charge < -0.3 is 10.2 Å². The molecular weight excluding hydrogens is 304 g/mol. The molecule has 0 saturated carbocycles. The van der Waals surface area contributed by atoms with E-state index in [0.717, 1.165) is 18.7 Å². The lowest BCUT2D eigenvalue weighted by Gasteiger charge is -2.14. The summed E-state index contributed by atoms with van der Waals surface area (Å²) in [7, 11) is 0. The van der Waals surface area contributed by atoms with Crippen molar-refractivity contribution in [2.45, 2.75) is 26.3 Å². The van der Waals surface area contributed by atoms with Crippen LogP contribution in [0.3, 0.4) is 0 Å². The van der Waals surface area contributed by atoms with E-state index in [-0.39, 0.29) is 24.2 Å². The first-order chi connectivity index (χ1) is 11.7. The van der Waals surface area contributed by atoms with Gasteiger partial charge in [-0.25, -0.2) is 0 Å². The van der Waals surface area contributed by atoms with E-state index in [1.807, 2.05) is 43.5 Å². The SMILES string of the molecule is CCn1cc(N2CC(C(=O)NCCc3ccccc3)CC2=O)cn1. The number of benzene rings is 1. The molecule has 6 heteroatoms. The van der Waals surface area contributed by atoms with E-state index in [0.29, 0.717) is 13.1 Å². The summed E-state index contributed by atoms with van der Waals surface area (Å²) >= 11 is 0. The number of carbonyl (C=O) groups is 2. The molecule has 0 radical (unpaired) electrons. The van der Waals surface area contributed by atoms with Crippen LogP contribution in [0.5, 0.6) is 0 Å². The van der Waals surface area contributed by atoms with E-state index in [4.69, 9.17) is 0 Å². The van der Waals surface area contributed by atoms with Gasteiger partial charge in [0.1, 0.15) is 0 Å². The highest BCUT2D eigenvalue weighted by Crippen LogP contribution is 2.24. The summed E-state index contributed by atoms with van der Waals surface area (Å²) in [6.07, 6.45) is 4.57. The van der Waals surface area contributed by atoms with Crippen molar-refractivity contribution in [3.63, 3.8) is 0 Å². The van der Waals surface area contributed by atoms with Crippen LogP contribution < -0.4 is 10.2 Å². The first-order valence-electron chi connectivity index (χ1n) is 8.32. The second kappa shape index (κ2) is 7.29. The molecule has 1 aliphatic heterocycles. The van der Waals surface area contributed by atoms with Gasteiger partial charge in [-0.2, -0.15) is 5.10 Å². The minimum Gasteiger partial charge on any atom is -0.355 e. The third-order valence-corrected chi connectivity index (χ3v) is 4.31. The summed E-state index contributed by atoms with van der Waals surface area (Å²) in [4.78, 5) is 26.2. The van der Waals surface area contributed by atoms with Crippen molar-refractivity contribution in [1.82, 2.24) is 15.1 Å². The molecule has 0 aliphatic carbocycles. The van der Waals surface area contributed by atoms with Crippen LogP contribution in [0.25, 0.3) is 0 Å². The van der Waals surface area contributed by atoms with Crippen molar-refractivity contribution < 1.29 is 9.59 Å². The summed E-state index contributed by atoms with van der Waals surface area (Å²) in [6.45, 7) is 3.75. The number of rotatable bonds is 6. The number of nitrogens with one attached hydrogen (secondary N) is 1. The molecule has 1 aromatic carbocycles. The molecule has 2 aromatic rings. The van der Waals surface area contributed by atoms with Gasteiger partial charge in [0.05, 0.1) is 17.8 Å². The van der Waals surface area contributed by atoms with E-state index in [1.165, 1.54) is 5.56 Å². The average molecular weight is 326 g/mol. The van der Waals surface area contributed by atoms with Crippen molar-refractivity contribution in [3.05, 3.63) is 48.3 Å². The van der Waals surface area contributed by atoms with Crippen LogP contribution >= 0.6 is 0 Å². The lowest BCUT2D eigenvalue weighted by molar-refractivity contribution is -0.126. The minimum atomic E-state index is -0.293. The highest BCUT2D eigenvalue weighted by molar-refractivity contribution is 6.00. The van der Waals surface area contributed by atoms with Gasteiger partial charge in [0, 0.05) is 32.3 Å². The van der Waals surface area contributed by atoms with Crippen molar-refractivity contribution in [1.29, 1.82) is 0 Å². The lowest BCUT2D eigenvalue weighted by Crippen LogP contribution is -2.34. The molecule has 2 heterocycles. The number of carbonyl (C=O) groups excluding carboxylic acids is 2. The zero-order valence-corrected chi connectivity index (χ0v) is 13.8. The molecule has 1 aliphatic rings. The molecule has 126 valence electrons. The Balaban J connectivity index is 1.52. The van der Waals surface area contributed by atoms with Gasteiger partial charge in [0.2, 0.25) is 11.8 Å². The van der Waals surface area contributed by atoms with Gasteiger partial charge in [-0.15, -0.1) is 0 Å². The standard InChI is InChI=1S/C18H22N4O2/c1-2-21-13-16(11-20-21)22-12-15(10-17(22)23)18(24)19-9-8-14-6-4-3-5-7-14/h3-7,11,13,15H,2,8-10,12H2,1H3,(H,19,24). The van der Waals surface area contributed by atoms with Gasteiger partial charge >= 0.3 is 0 Å². The predicted molar refractivity (Wildman–Crippen MR) is 91.5 cm³/mol. The van der Waals surface area contributed by atoms with E-state index >= 15 is 0 Å². The van der Waals surface area contributed by atoms with Crippen LogP contribution in [-0.2, 0) is 22.6 Å². The Morgan fingerprint density at radius 2 is 2.12 bits per heavy atom. The lowest BCUT2D eigenvalue weighted by atomic mass is 10.1. The Kier molecular flexibility index (Phi) is 4.93. The van der Waals surface area contributed by atoms with Gasteiger partial charge in [-0.1, -0.05) is 30.3 Å². The van der Waals surface area contributed by atoms with Crippen molar-refractivity contribution in [2.24, 2.45) is 5.92 Å². The zero-order chi connectivity index (χ0) is 16.9. The van der Waals surface area contributed by atoms with Crippen molar-refractivity contribution >= 4 is 17.5 Å². The highest BCUT2D eigenvalue weighted by Gasteiger charge is 2.35. The number of amides is 2. The van der Waals surface area contributed by atoms with Crippen LogP contribution in [0.15, 0.2) is 42.7 Å². The van der Waals surface area contributed by atoms with Crippen LogP contribution in [-0.4, -0.2) is 34.7 Å². The smallest absolute Gasteiger partial charge is 0.227 e. The van der Waals surface area contributed by atoms with E-state index in [2.05, 4.69) is 10.4 Å².